The molecule has 0 saturated heterocycles. The van der Waals surface area contributed by atoms with Crippen molar-refractivity contribution in [3.8, 4) is 0 Å². The Kier molecular flexibility index (Phi) is 4.14. The van der Waals surface area contributed by atoms with E-state index in [1.165, 1.54) is 4.52 Å². The van der Waals surface area contributed by atoms with Gasteiger partial charge in [0.05, 0.1) is 0 Å². The number of nitrogens with one attached hydrogen (secondary N) is 1. The summed E-state index contributed by atoms with van der Waals surface area (Å²) in [6.45, 7) is 0. The number of nitrogens with zero attached hydrogens (tertiary/aromatic N) is 4. The molecule has 0 aromatic rings. The summed E-state index contributed by atoms with van der Waals surface area (Å²) in [6, 6.07) is 0. The molecule has 0 saturated carbocycles. The van der Waals surface area contributed by atoms with Gasteiger partial charge in [-0.1, -0.05) is 0 Å². The topological polar surface area (TPSA) is 52.4 Å². The zero-order valence-corrected chi connectivity index (χ0v) is 12.7. The fraction of sp³-hybridized carbons (Fsp3) is 1.00. The monoisotopic (exact) mass is 377 g/mol. The second-order valence-electron chi connectivity index (χ2n) is 3.42. The molecule has 0 aromatic heterocycles. The number of hydrogen-bond donors (Lipinski definition) is 1. The van der Waals surface area contributed by atoms with Gasteiger partial charge >= 0.3 is 102 Å². The molecule has 0 aromatic carbocycles. The van der Waals surface area contributed by atoms with Gasteiger partial charge in [-0.15, -0.1) is 0 Å². The van der Waals surface area contributed by atoms with Gasteiger partial charge in [0.15, 0.2) is 0 Å². The summed E-state index contributed by atoms with van der Waals surface area (Å²) in [5.41, 5.74) is 0. The molecular weight excluding hydrogens is 370 g/mol. The summed E-state index contributed by atoms with van der Waals surface area (Å²) in [4.78, 5) is -0.200. The third kappa shape index (κ3) is 4.76. The van der Waals surface area contributed by atoms with E-state index in [0.717, 1.165) is 14.1 Å². The summed E-state index contributed by atoms with van der Waals surface area (Å²) in [6.07, 6.45) is 0. The maximum atomic E-state index is 13.9. The minimum atomic E-state index is -8.40. The fourth-order valence-electron chi connectivity index (χ4n) is 0.882. The third-order valence-corrected chi connectivity index (χ3v) is 10.3. The quantitative estimate of drug-likeness (QED) is 0.400. The van der Waals surface area contributed by atoms with Gasteiger partial charge in [-0.05, 0) is 0 Å². The van der Waals surface area contributed by atoms with Crippen molar-refractivity contribution >= 4 is 31.2 Å². The number of hydrogen-bond acceptors (Lipinski definition) is 5. The average molecular weight is 377 g/mol. The molecule has 0 amide bonds. The molecule has 1 N–H and O–H groups in total. The van der Waals surface area contributed by atoms with Crippen LogP contribution in [-0.2, 0) is 0 Å². The summed E-state index contributed by atoms with van der Waals surface area (Å²) in [5, 5.41) is 0. The van der Waals surface area contributed by atoms with E-state index in [-0.39, 0.29) is 9.53 Å². The van der Waals surface area contributed by atoms with E-state index in [9.17, 15) is 33.6 Å². The molecule has 1 rings (SSSR count). The Hall–Kier alpha value is 0.480. The van der Waals surface area contributed by atoms with Crippen LogP contribution in [0.3, 0.4) is 0 Å². The molecule has 5 nitrogen and oxygen atoms in total. The Morgan fingerprint density at radius 3 is 1.84 bits per heavy atom. The normalized spacial score (nSPS) is 37.5. The van der Waals surface area contributed by atoms with Gasteiger partial charge in [-0.25, -0.2) is 0 Å². The molecule has 0 fully saturated rings. The predicted octanol–water partition coefficient (Wildman–Crippen LogP) is 6.87. The van der Waals surface area contributed by atoms with Crippen molar-refractivity contribution in [3.05, 3.63) is 0 Å². The van der Waals surface area contributed by atoms with Crippen LogP contribution in [0.25, 0.3) is 0 Å². The van der Waals surface area contributed by atoms with Crippen molar-refractivity contribution < 1.29 is 33.6 Å². The van der Waals surface area contributed by atoms with E-state index < -0.39 is 31.2 Å². The minimum absolute atomic E-state index is 0.200. The third-order valence-electron chi connectivity index (χ3n) is 1.49. The van der Waals surface area contributed by atoms with Crippen molar-refractivity contribution in [2.24, 2.45) is 13.5 Å². The van der Waals surface area contributed by atoms with E-state index in [0.29, 0.717) is 0 Å². The zero-order chi connectivity index (χ0) is 15.4. The molecule has 17 heteroatoms. The van der Waals surface area contributed by atoms with Crippen molar-refractivity contribution in [1.82, 2.24) is 9.53 Å². The van der Waals surface area contributed by atoms with Gasteiger partial charge < -0.3 is 0 Å². The van der Waals surface area contributed by atoms with Crippen molar-refractivity contribution in [2.75, 3.05) is 14.1 Å². The zero-order valence-electron chi connectivity index (χ0n) is 9.10. The van der Waals surface area contributed by atoms with Gasteiger partial charge in [-0.3, -0.25) is 0 Å². The first-order valence-corrected chi connectivity index (χ1v) is 10.5. The molecule has 1 atom stereocenters. The number of rotatable bonds is 1. The Labute approximate surface area is 103 Å². The SMILES string of the molecule is CN(C)P1(F)=NP(F)(F)=NP(F)(F)(F)NP(F)(F)=N1. The second kappa shape index (κ2) is 4.49. The molecule has 0 bridgehead atoms. The van der Waals surface area contributed by atoms with Crippen molar-refractivity contribution in [1.29, 1.82) is 0 Å². The fourth-order valence-corrected chi connectivity index (χ4v) is 9.30. The number of halogens is 8. The summed E-state index contributed by atoms with van der Waals surface area (Å²) in [7, 11) is -25.0. The van der Waals surface area contributed by atoms with Crippen LogP contribution < -0.4 is 4.86 Å². The van der Waals surface area contributed by atoms with Gasteiger partial charge in [0.25, 0.3) is 0 Å². The molecule has 0 radical (unpaired) electrons. The summed E-state index contributed by atoms with van der Waals surface area (Å²) in [5.74, 6) is 0. The van der Waals surface area contributed by atoms with Crippen molar-refractivity contribution in [2.45, 2.75) is 0 Å². The Morgan fingerprint density at radius 1 is 0.947 bits per heavy atom. The molecule has 0 spiro atoms. The van der Waals surface area contributed by atoms with E-state index >= 15 is 0 Å². The van der Waals surface area contributed by atoms with Gasteiger partial charge in [0.1, 0.15) is 0 Å². The van der Waals surface area contributed by atoms with Crippen LogP contribution in [0.5, 0.6) is 0 Å². The van der Waals surface area contributed by atoms with Crippen LogP contribution in [0.15, 0.2) is 13.5 Å². The summed E-state index contributed by atoms with van der Waals surface area (Å²) < 4.78 is 110. The molecule has 0 aliphatic carbocycles. The molecule has 1 unspecified atom stereocenters. The molecular formula is C2H7F8N5P4. The first-order chi connectivity index (χ1) is 8.04. The van der Waals surface area contributed by atoms with Crippen molar-refractivity contribution in [3.63, 3.8) is 0 Å². The maximum absolute atomic E-state index is 13.9. The Morgan fingerprint density at radius 2 is 1.42 bits per heavy atom. The predicted molar refractivity (Wildman–Crippen MR) is 60.7 cm³/mol. The van der Waals surface area contributed by atoms with E-state index in [2.05, 4.69) is 0 Å². The Balaban J connectivity index is 3.76. The molecule has 116 valence electrons. The van der Waals surface area contributed by atoms with Gasteiger partial charge in [-0.2, -0.15) is 0 Å². The summed E-state index contributed by atoms with van der Waals surface area (Å²) >= 11 is 0. The van der Waals surface area contributed by atoms with Crippen LogP contribution >= 0.6 is 31.2 Å². The van der Waals surface area contributed by atoms with Crippen LogP contribution in [0, 0.1) is 0 Å². The van der Waals surface area contributed by atoms with E-state index in [1.807, 2.05) is 9.03 Å². The first kappa shape index (κ1) is 17.5. The Bertz CT molecular complexity index is 547. The van der Waals surface area contributed by atoms with Gasteiger partial charge in [0.2, 0.25) is 0 Å². The average Bonchev–Trinajstić information content (AvgIpc) is 1.89. The molecule has 1 aliphatic rings. The van der Waals surface area contributed by atoms with Crippen LogP contribution in [0.1, 0.15) is 0 Å². The van der Waals surface area contributed by atoms with E-state index in [1.54, 1.807) is 0 Å². The van der Waals surface area contributed by atoms with E-state index in [4.69, 9.17) is 0 Å². The standard InChI is InChI=1S/C2H7F8N5P4/c1-15(2)18(7)11-16(3,4)13-19(8,9,10)14-17(5,6)12-18/h13H,1-2H3. The van der Waals surface area contributed by atoms with Crippen LogP contribution in [-0.4, -0.2) is 18.8 Å². The van der Waals surface area contributed by atoms with Crippen LogP contribution in [0.4, 0.5) is 33.6 Å². The van der Waals surface area contributed by atoms with Crippen LogP contribution in [0.2, 0.25) is 0 Å². The first-order valence-electron chi connectivity index (χ1n) is 4.09. The second-order valence-corrected chi connectivity index (χ2v) is 11.6. The molecule has 1 heterocycles. The molecule has 1 aliphatic heterocycles. The molecule has 19 heavy (non-hydrogen) atoms. The van der Waals surface area contributed by atoms with Gasteiger partial charge in [0, 0.05) is 0 Å².